The first-order valence-electron chi connectivity index (χ1n) is 15.9. The van der Waals surface area contributed by atoms with E-state index in [1.807, 2.05) is 65.9 Å². The molecule has 5 heteroatoms. The summed E-state index contributed by atoms with van der Waals surface area (Å²) >= 11 is 1.85. The summed E-state index contributed by atoms with van der Waals surface area (Å²) in [5.41, 5.74) is 6.74. The molecule has 0 radical (unpaired) electrons. The van der Waals surface area contributed by atoms with Gasteiger partial charge >= 0.3 is 0 Å². The van der Waals surface area contributed by atoms with Crippen molar-refractivity contribution < 1.29 is 4.42 Å². The zero-order valence-electron chi connectivity index (χ0n) is 25.6. The number of furan rings is 1. The highest BCUT2D eigenvalue weighted by Crippen LogP contribution is 2.42. The third-order valence-electron chi connectivity index (χ3n) is 9.10. The molecule has 48 heavy (non-hydrogen) atoms. The van der Waals surface area contributed by atoms with Crippen LogP contribution in [0, 0.1) is 0 Å². The third-order valence-corrected chi connectivity index (χ3v) is 10.2. The van der Waals surface area contributed by atoms with Crippen LogP contribution in [-0.2, 0) is 0 Å². The minimum absolute atomic E-state index is 0.601. The molecule has 0 N–H and O–H groups in total. The first kappa shape index (κ1) is 27.0. The number of rotatable bonds is 4. The molecule has 0 unspecified atom stereocenters. The van der Waals surface area contributed by atoms with Gasteiger partial charge in [0, 0.05) is 47.6 Å². The summed E-state index contributed by atoms with van der Waals surface area (Å²) in [6, 6.07) is 52.8. The van der Waals surface area contributed by atoms with Crippen LogP contribution in [0.25, 0.3) is 98.2 Å². The molecule has 0 aliphatic rings. The van der Waals surface area contributed by atoms with Crippen LogP contribution >= 0.6 is 11.3 Å². The van der Waals surface area contributed by atoms with Gasteiger partial charge in [-0.1, -0.05) is 109 Å². The second-order valence-electron chi connectivity index (χ2n) is 12.0. The molecule has 7 aromatic carbocycles. The van der Waals surface area contributed by atoms with Crippen molar-refractivity contribution in [2.75, 3.05) is 0 Å². The average molecular weight is 632 g/mol. The van der Waals surface area contributed by atoms with Crippen LogP contribution < -0.4 is 0 Å². The summed E-state index contributed by atoms with van der Waals surface area (Å²) in [6.45, 7) is 0. The Morgan fingerprint density at radius 3 is 1.90 bits per heavy atom. The fraction of sp³-hybridized carbons (Fsp3) is 0. The van der Waals surface area contributed by atoms with Crippen LogP contribution in [0.4, 0.5) is 0 Å². The average Bonchev–Trinajstić information content (AvgIpc) is 3.71. The molecule has 0 spiro atoms. The molecule has 0 fully saturated rings. The number of nitrogens with zero attached hydrogens (tertiary/aromatic N) is 3. The number of thiophene rings is 1. The smallest absolute Gasteiger partial charge is 0.164 e. The summed E-state index contributed by atoms with van der Waals surface area (Å²) in [4.78, 5) is 15.1. The highest BCUT2D eigenvalue weighted by molar-refractivity contribution is 7.26. The molecule has 0 aliphatic carbocycles. The van der Waals surface area contributed by atoms with Crippen molar-refractivity contribution in [3.8, 4) is 45.3 Å². The second kappa shape index (κ2) is 10.7. The van der Waals surface area contributed by atoms with E-state index in [2.05, 4.69) is 97.1 Å². The van der Waals surface area contributed by atoms with Crippen LogP contribution in [-0.4, -0.2) is 15.0 Å². The van der Waals surface area contributed by atoms with E-state index < -0.39 is 0 Å². The topological polar surface area (TPSA) is 51.8 Å². The van der Waals surface area contributed by atoms with Crippen molar-refractivity contribution in [2.45, 2.75) is 0 Å². The van der Waals surface area contributed by atoms with Gasteiger partial charge in [0.15, 0.2) is 17.5 Å². The van der Waals surface area contributed by atoms with Gasteiger partial charge < -0.3 is 4.42 Å². The predicted octanol–water partition coefficient (Wildman–Crippen LogP) is 12.0. The molecule has 0 saturated carbocycles. The first-order valence-corrected chi connectivity index (χ1v) is 16.7. The molecular formula is C43H25N3OS. The molecular weight excluding hydrogens is 607 g/mol. The van der Waals surface area contributed by atoms with E-state index in [0.717, 1.165) is 44.2 Å². The summed E-state index contributed by atoms with van der Waals surface area (Å²) in [7, 11) is 0. The van der Waals surface area contributed by atoms with Gasteiger partial charge in [-0.3, -0.25) is 0 Å². The second-order valence-corrected chi connectivity index (χ2v) is 13.1. The van der Waals surface area contributed by atoms with E-state index in [1.54, 1.807) is 0 Å². The van der Waals surface area contributed by atoms with Crippen molar-refractivity contribution in [1.29, 1.82) is 0 Å². The highest BCUT2D eigenvalue weighted by atomic mass is 32.1. The minimum Gasteiger partial charge on any atom is -0.456 e. The summed E-state index contributed by atoms with van der Waals surface area (Å²) in [5.74, 6) is 1.85. The monoisotopic (exact) mass is 631 g/mol. The molecule has 0 amide bonds. The van der Waals surface area contributed by atoms with Gasteiger partial charge in [-0.25, -0.2) is 15.0 Å². The van der Waals surface area contributed by atoms with E-state index in [-0.39, 0.29) is 0 Å². The Bertz CT molecular complexity index is 2850. The van der Waals surface area contributed by atoms with Crippen molar-refractivity contribution in [3.05, 3.63) is 152 Å². The summed E-state index contributed by atoms with van der Waals surface area (Å²) in [5, 5.41) is 7.24. The maximum Gasteiger partial charge on any atom is 0.164 e. The minimum atomic E-state index is 0.601. The lowest BCUT2D eigenvalue weighted by Crippen LogP contribution is -2.00. The predicted molar refractivity (Wildman–Crippen MR) is 199 cm³/mol. The quantitative estimate of drug-likeness (QED) is 0.194. The van der Waals surface area contributed by atoms with E-state index in [1.165, 1.54) is 36.5 Å². The van der Waals surface area contributed by atoms with Crippen LogP contribution in [0.1, 0.15) is 0 Å². The van der Waals surface area contributed by atoms with Gasteiger partial charge in [-0.2, -0.15) is 0 Å². The van der Waals surface area contributed by atoms with Crippen molar-refractivity contribution in [3.63, 3.8) is 0 Å². The molecule has 0 saturated heterocycles. The van der Waals surface area contributed by atoms with Crippen molar-refractivity contribution >= 4 is 64.2 Å². The molecule has 224 valence electrons. The standard InChI is InChI=1S/C43H25N3OS/c1-2-10-26(11-3-1)41-44-42(46-43(45-41)31-20-21-34-33-16-6-7-18-36(33)47-37(34)24-31)30-15-8-14-29(22-30)32-17-9-19-38-40(32)35-23-27-12-4-5-13-28(27)25-39(35)48-38/h1-25H. The van der Waals surface area contributed by atoms with Crippen LogP contribution in [0.2, 0.25) is 0 Å². The van der Waals surface area contributed by atoms with Gasteiger partial charge in [0.1, 0.15) is 11.2 Å². The van der Waals surface area contributed by atoms with Crippen LogP contribution in [0.5, 0.6) is 0 Å². The number of aromatic nitrogens is 3. The largest absolute Gasteiger partial charge is 0.456 e. The molecule has 0 bridgehead atoms. The van der Waals surface area contributed by atoms with Crippen LogP contribution in [0.15, 0.2) is 156 Å². The molecule has 0 atom stereocenters. The lowest BCUT2D eigenvalue weighted by molar-refractivity contribution is 0.669. The van der Waals surface area contributed by atoms with E-state index in [0.29, 0.717) is 17.5 Å². The van der Waals surface area contributed by atoms with Gasteiger partial charge in [-0.05, 0) is 64.4 Å². The SMILES string of the molecule is c1ccc(-c2nc(-c3cccc(-c4cccc5sc6cc7ccccc7cc6c45)c3)nc(-c3ccc4c(c3)oc3ccccc34)n2)cc1. The van der Waals surface area contributed by atoms with Gasteiger partial charge in [0.2, 0.25) is 0 Å². The van der Waals surface area contributed by atoms with Crippen molar-refractivity contribution in [2.24, 2.45) is 0 Å². The normalized spacial score (nSPS) is 11.8. The third kappa shape index (κ3) is 4.40. The Labute approximate surface area is 279 Å². The molecule has 10 rings (SSSR count). The fourth-order valence-electron chi connectivity index (χ4n) is 6.79. The van der Waals surface area contributed by atoms with Gasteiger partial charge in [0.05, 0.1) is 0 Å². The van der Waals surface area contributed by atoms with Crippen LogP contribution in [0.3, 0.4) is 0 Å². The number of hydrogen-bond donors (Lipinski definition) is 0. The molecule has 3 aromatic heterocycles. The number of para-hydroxylation sites is 1. The van der Waals surface area contributed by atoms with Gasteiger partial charge in [-0.15, -0.1) is 11.3 Å². The molecule has 0 aliphatic heterocycles. The maximum atomic E-state index is 6.22. The summed E-state index contributed by atoms with van der Waals surface area (Å²) < 4.78 is 8.79. The zero-order valence-corrected chi connectivity index (χ0v) is 26.4. The lowest BCUT2D eigenvalue weighted by atomic mass is 9.97. The van der Waals surface area contributed by atoms with Gasteiger partial charge in [0.25, 0.3) is 0 Å². The molecule has 10 aromatic rings. The fourth-order valence-corrected chi connectivity index (χ4v) is 7.96. The highest BCUT2D eigenvalue weighted by Gasteiger charge is 2.17. The van der Waals surface area contributed by atoms with E-state index >= 15 is 0 Å². The van der Waals surface area contributed by atoms with E-state index in [9.17, 15) is 0 Å². The Hall–Kier alpha value is -6.17. The molecule has 3 heterocycles. The molecule has 4 nitrogen and oxygen atoms in total. The number of benzene rings is 7. The Morgan fingerprint density at radius 2 is 1.04 bits per heavy atom. The first-order chi connectivity index (χ1) is 23.7. The lowest BCUT2D eigenvalue weighted by Gasteiger charge is -2.10. The summed E-state index contributed by atoms with van der Waals surface area (Å²) in [6.07, 6.45) is 0. The Kier molecular flexibility index (Phi) is 6.01. The number of hydrogen-bond acceptors (Lipinski definition) is 5. The zero-order chi connectivity index (χ0) is 31.6. The van der Waals surface area contributed by atoms with Crippen molar-refractivity contribution in [1.82, 2.24) is 15.0 Å². The van der Waals surface area contributed by atoms with E-state index in [4.69, 9.17) is 19.4 Å². The maximum absolute atomic E-state index is 6.22. The Balaban J connectivity index is 1.14. The number of fused-ring (bicyclic) bond motifs is 7. The Morgan fingerprint density at radius 1 is 0.396 bits per heavy atom.